The minimum atomic E-state index is -2.01. The zero-order chi connectivity index (χ0) is 14.9. The Morgan fingerprint density at radius 1 is 1.25 bits per heavy atom. The molecule has 1 aliphatic rings. The second-order valence-corrected chi connectivity index (χ2v) is 4.93. The fourth-order valence-electron chi connectivity index (χ4n) is 2.26. The maximum atomic E-state index is 13.4. The van der Waals surface area contributed by atoms with Gasteiger partial charge in [0, 0.05) is 6.42 Å². The van der Waals surface area contributed by atoms with Gasteiger partial charge in [-0.3, -0.25) is 0 Å². The summed E-state index contributed by atoms with van der Waals surface area (Å²) in [6, 6.07) is 0.315. The van der Waals surface area contributed by atoms with Gasteiger partial charge in [0.05, 0.1) is 13.6 Å². The van der Waals surface area contributed by atoms with Crippen LogP contribution in [0.15, 0.2) is 6.07 Å². The predicted molar refractivity (Wildman–Crippen MR) is 61.3 cm³/mol. The number of likely N-dealkylation sites (tertiary alicyclic amines) is 1. The van der Waals surface area contributed by atoms with Crippen molar-refractivity contribution in [3.05, 3.63) is 34.9 Å². The smallest absolute Gasteiger partial charge is 0.341 e. The molecule has 7 heteroatoms. The first-order valence-electron chi connectivity index (χ1n) is 6.25. The molecule has 2 rings (SSSR count). The van der Waals surface area contributed by atoms with Crippen molar-refractivity contribution in [2.75, 3.05) is 20.1 Å². The minimum Gasteiger partial charge on any atom is -0.453 e. The second-order valence-electron chi connectivity index (χ2n) is 4.93. The molecule has 0 bridgehead atoms. The molecule has 1 saturated heterocycles. The standard InChI is InChI=1S/C13H13F4NO2/c1-18-4-2-3-7(6-18)20-13(19)8-5-9(14)11(16)12(17)10(8)15/h5,7H,2-4,6H2,1H3/p+1/t7-/m0/s1. The quantitative estimate of drug-likeness (QED) is 0.383. The van der Waals surface area contributed by atoms with E-state index in [2.05, 4.69) is 0 Å². The molecule has 20 heavy (non-hydrogen) atoms. The Kier molecular flexibility index (Phi) is 4.27. The summed E-state index contributed by atoms with van der Waals surface area (Å²) >= 11 is 0. The first-order chi connectivity index (χ1) is 9.40. The summed E-state index contributed by atoms with van der Waals surface area (Å²) in [5, 5.41) is 0. The molecule has 2 atom stereocenters. The van der Waals surface area contributed by atoms with Crippen molar-refractivity contribution in [3.63, 3.8) is 0 Å². The lowest BCUT2D eigenvalue weighted by molar-refractivity contribution is -0.888. The summed E-state index contributed by atoms with van der Waals surface area (Å²) in [4.78, 5) is 12.9. The molecule has 3 nitrogen and oxygen atoms in total. The molecule has 0 saturated carbocycles. The second kappa shape index (κ2) is 5.78. The number of quaternary nitrogens is 1. The van der Waals surface area contributed by atoms with Gasteiger partial charge >= 0.3 is 5.97 Å². The number of carbonyl (C=O) groups is 1. The molecular weight excluding hydrogens is 278 g/mol. The third-order valence-corrected chi connectivity index (χ3v) is 3.30. The largest absolute Gasteiger partial charge is 0.453 e. The highest BCUT2D eigenvalue weighted by Crippen LogP contribution is 2.20. The van der Waals surface area contributed by atoms with E-state index in [0.29, 0.717) is 19.0 Å². The lowest BCUT2D eigenvalue weighted by Crippen LogP contribution is -3.11. The average molecular weight is 292 g/mol. The Morgan fingerprint density at radius 2 is 1.95 bits per heavy atom. The third-order valence-electron chi connectivity index (χ3n) is 3.30. The molecule has 1 aromatic carbocycles. The summed E-state index contributed by atoms with van der Waals surface area (Å²) in [6.07, 6.45) is 1.00. The van der Waals surface area contributed by atoms with Gasteiger partial charge in [-0.25, -0.2) is 22.4 Å². The number of benzene rings is 1. The first kappa shape index (κ1) is 14.8. The van der Waals surface area contributed by atoms with Crippen LogP contribution in [0.25, 0.3) is 0 Å². The highest BCUT2D eigenvalue weighted by Gasteiger charge is 2.28. The van der Waals surface area contributed by atoms with Crippen LogP contribution in [-0.4, -0.2) is 32.2 Å². The van der Waals surface area contributed by atoms with Crippen molar-refractivity contribution in [1.82, 2.24) is 0 Å². The van der Waals surface area contributed by atoms with Gasteiger partial charge in [-0.1, -0.05) is 0 Å². The van der Waals surface area contributed by atoms with E-state index in [9.17, 15) is 22.4 Å². The van der Waals surface area contributed by atoms with E-state index >= 15 is 0 Å². The molecule has 0 radical (unpaired) electrons. The minimum absolute atomic E-state index is 0.315. The number of piperidine rings is 1. The average Bonchev–Trinajstić information content (AvgIpc) is 2.40. The number of hydrogen-bond acceptors (Lipinski definition) is 2. The van der Waals surface area contributed by atoms with Gasteiger partial charge in [0.1, 0.15) is 12.1 Å². The Balaban J connectivity index is 2.17. The molecular formula is C13H14F4NO2+. The van der Waals surface area contributed by atoms with Crippen molar-refractivity contribution in [1.29, 1.82) is 0 Å². The molecule has 1 unspecified atom stereocenters. The lowest BCUT2D eigenvalue weighted by atomic mass is 10.1. The van der Waals surface area contributed by atoms with Crippen LogP contribution in [0.5, 0.6) is 0 Å². The van der Waals surface area contributed by atoms with Crippen LogP contribution in [-0.2, 0) is 4.74 Å². The Bertz CT molecular complexity index is 536. The summed E-state index contributed by atoms with van der Waals surface area (Å²) in [7, 11) is 1.91. The number of ether oxygens (including phenoxy) is 1. The number of rotatable bonds is 2. The molecule has 1 fully saturated rings. The topological polar surface area (TPSA) is 30.7 Å². The van der Waals surface area contributed by atoms with Crippen molar-refractivity contribution >= 4 is 5.97 Å². The number of nitrogens with one attached hydrogen (secondary N) is 1. The molecule has 1 aromatic rings. The van der Waals surface area contributed by atoms with Gasteiger partial charge in [0.2, 0.25) is 0 Å². The van der Waals surface area contributed by atoms with Crippen LogP contribution in [0.2, 0.25) is 0 Å². The monoisotopic (exact) mass is 292 g/mol. The summed E-state index contributed by atoms with van der Waals surface area (Å²) < 4.78 is 57.3. The number of halogens is 4. The first-order valence-corrected chi connectivity index (χ1v) is 6.25. The normalized spacial score (nSPS) is 22.6. The molecule has 0 aliphatic carbocycles. The van der Waals surface area contributed by atoms with Crippen LogP contribution in [0.1, 0.15) is 23.2 Å². The van der Waals surface area contributed by atoms with E-state index in [4.69, 9.17) is 4.74 Å². The number of hydrogen-bond donors (Lipinski definition) is 1. The van der Waals surface area contributed by atoms with E-state index in [1.54, 1.807) is 0 Å². The van der Waals surface area contributed by atoms with E-state index in [1.165, 1.54) is 0 Å². The zero-order valence-electron chi connectivity index (χ0n) is 10.8. The van der Waals surface area contributed by atoms with E-state index in [-0.39, 0.29) is 0 Å². The van der Waals surface area contributed by atoms with Crippen molar-refractivity contribution in [3.8, 4) is 0 Å². The molecule has 1 heterocycles. The van der Waals surface area contributed by atoms with Crippen LogP contribution in [0.3, 0.4) is 0 Å². The van der Waals surface area contributed by atoms with E-state index in [0.717, 1.165) is 17.9 Å². The highest BCUT2D eigenvalue weighted by atomic mass is 19.2. The summed E-state index contributed by atoms with van der Waals surface area (Å²) in [5.41, 5.74) is -0.926. The maximum Gasteiger partial charge on any atom is 0.341 e. The van der Waals surface area contributed by atoms with Gasteiger partial charge in [-0.15, -0.1) is 0 Å². The van der Waals surface area contributed by atoms with Gasteiger partial charge < -0.3 is 9.64 Å². The zero-order valence-corrected chi connectivity index (χ0v) is 10.8. The summed E-state index contributed by atoms with van der Waals surface area (Å²) in [6.45, 7) is 1.47. The maximum absolute atomic E-state index is 13.4. The molecule has 0 aromatic heterocycles. The van der Waals surface area contributed by atoms with Gasteiger partial charge in [-0.05, 0) is 12.5 Å². The van der Waals surface area contributed by atoms with Crippen molar-refractivity contribution < 1.29 is 32.0 Å². The Labute approximate surface area is 113 Å². The molecule has 1 N–H and O–H groups in total. The van der Waals surface area contributed by atoms with Crippen molar-refractivity contribution in [2.24, 2.45) is 0 Å². The molecule has 0 amide bonds. The van der Waals surface area contributed by atoms with Crippen LogP contribution < -0.4 is 4.90 Å². The third kappa shape index (κ3) is 2.92. The van der Waals surface area contributed by atoms with Gasteiger partial charge in [-0.2, -0.15) is 0 Å². The van der Waals surface area contributed by atoms with Gasteiger partial charge in [0.25, 0.3) is 0 Å². The number of likely N-dealkylation sites (N-methyl/N-ethyl adjacent to an activating group) is 1. The molecule has 1 aliphatic heterocycles. The van der Waals surface area contributed by atoms with Crippen molar-refractivity contribution in [2.45, 2.75) is 18.9 Å². The fourth-order valence-corrected chi connectivity index (χ4v) is 2.26. The van der Waals surface area contributed by atoms with Gasteiger partial charge in [0.15, 0.2) is 29.4 Å². The summed E-state index contributed by atoms with van der Waals surface area (Å²) in [5.74, 6) is -8.49. The molecule has 110 valence electrons. The van der Waals surface area contributed by atoms with E-state index in [1.807, 2.05) is 7.05 Å². The molecule has 0 spiro atoms. The Hall–Kier alpha value is -1.63. The van der Waals surface area contributed by atoms with E-state index < -0.39 is 40.9 Å². The highest BCUT2D eigenvalue weighted by molar-refractivity contribution is 5.89. The number of esters is 1. The number of carbonyl (C=O) groups excluding carboxylic acids is 1. The van der Waals surface area contributed by atoms with Crippen LogP contribution in [0, 0.1) is 23.3 Å². The lowest BCUT2D eigenvalue weighted by Gasteiger charge is -2.26. The van der Waals surface area contributed by atoms with Crippen LogP contribution >= 0.6 is 0 Å². The van der Waals surface area contributed by atoms with Crippen LogP contribution in [0.4, 0.5) is 17.6 Å². The fraction of sp³-hybridized carbons (Fsp3) is 0.462. The SMILES string of the molecule is C[NH+]1CCC[C@H](OC(=O)c2cc(F)c(F)c(F)c2F)C1. The predicted octanol–water partition coefficient (Wildman–Crippen LogP) is 1.08. The Morgan fingerprint density at radius 3 is 2.60 bits per heavy atom.